The molecule has 0 bridgehead atoms. The van der Waals surface area contributed by atoms with Gasteiger partial charge in [0.15, 0.2) is 16.8 Å². The number of hydrogen-bond donors (Lipinski definition) is 1. The maximum absolute atomic E-state index is 13.6. The van der Waals surface area contributed by atoms with Crippen molar-refractivity contribution in [2.24, 2.45) is 0 Å². The normalized spacial score (nSPS) is 21.1. The number of hydrogen-bond acceptors (Lipinski definition) is 4. The topological polar surface area (TPSA) is 68.0 Å². The molecule has 1 aliphatic carbocycles. The molecule has 1 saturated carbocycles. The number of rotatable bonds is 5. The van der Waals surface area contributed by atoms with E-state index in [1.807, 2.05) is 0 Å². The number of halogens is 6. The standard InChI is InChI=1S/C23H23F6N3O2S2/c1-13(2)36(33,34)15-6-3-5-14(11-15)18-8-9-19(35-18)17-12-20(23(27,28)29)31-32(17)21-16(22(24,25)26)7-4-10-30-21/h4,7-10,12-15H,3,5-6,11H2,1-2H3/p+1/t14-,15?/m1/s1. The molecule has 5 nitrogen and oxygen atoms in total. The molecule has 1 aliphatic rings. The van der Waals surface area contributed by atoms with Gasteiger partial charge in [-0.25, -0.2) is 9.67 Å². The Morgan fingerprint density at radius 3 is 2.47 bits per heavy atom. The Balaban J connectivity index is 1.75. The molecule has 0 aliphatic heterocycles. The summed E-state index contributed by atoms with van der Waals surface area (Å²) in [5, 5.41) is 2.65. The summed E-state index contributed by atoms with van der Waals surface area (Å²) < 4.78 is 105. The molecule has 0 spiro atoms. The maximum atomic E-state index is 13.6. The van der Waals surface area contributed by atoms with Crippen molar-refractivity contribution in [2.45, 2.75) is 68.3 Å². The van der Waals surface area contributed by atoms with Gasteiger partial charge in [0, 0.05) is 17.5 Å². The Hall–Kier alpha value is -2.25. The number of nitrogens with zero attached hydrogens (tertiary/aromatic N) is 3. The molecule has 36 heavy (non-hydrogen) atoms. The van der Waals surface area contributed by atoms with Crippen LogP contribution in [0.1, 0.15) is 61.6 Å². The Morgan fingerprint density at radius 2 is 1.83 bits per heavy atom. The van der Waals surface area contributed by atoms with Crippen LogP contribution >= 0.6 is 11.3 Å². The summed E-state index contributed by atoms with van der Waals surface area (Å²) >= 11 is 1.15. The summed E-state index contributed by atoms with van der Waals surface area (Å²) in [6.07, 6.45) is -6.12. The lowest BCUT2D eigenvalue weighted by atomic mass is 9.88. The molecular weight excluding hydrogens is 528 g/mol. The van der Waals surface area contributed by atoms with Gasteiger partial charge >= 0.3 is 12.4 Å². The molecule has 0 amide bonds. The van der Waals surface area contributed by atoms with Crippen molar-refractivity contribution in [2.75, 3.05) is 0 Å². The van der Waals surface area contributed by atoms with Crippen LogP contribution in [0.2, 0.25) is 0 Å². The summed E-state index contributed by atoms with van der Waals surface area (Å²) in [6, 6.07) is 5.78. The fourth-order valence-electron chi connectivity index (χ4n) is 4.45. The van der Waals surface area contributed by atoms with E-state index in [1.54, 1.807) is 26.0 Å². The Labute approximate surface area is 208 Å². The van der Waals surface area contributed by atoms with Crippen LogP contribution in [-0.2, 0) is 26.8 Å². The molecule has 3 aromatic heterocycles. The fraction of sp³-hybridized carbons (Fsp3) is 0.478. The largest absolute Gasteiger partial charge is 0.435 e. The number of aromatic nitrogens is 3. The van der Waals surface area contributed by atoms with Gasteiger partial charge in [0.05, 0.1) is 10.6 Å². The minimum absolute atomic E-state index is 0.0757. The molecule has 13 heteroatoms. The Kier molecular flexibility index (Phi) is 7.12. The van der Waals surface area contributed by atoms with Crippen molar-refractivity contribution in [1.82, 2.24) is 14.8 Å². The first-order chi connectivity index (χ1) is 16.7. The van der Waals surface area contributed by atoms with Crippen LogP contribution in [0.4, 0.5) is 26.3 Å². The average molecular weight is 553 g/mol. The number of thiophene rings is 1. The van der Waals surface area contributed by atoms with Crippen LogP contribution in [0.15, 0.2) is 36.5 Å². The van der Waals surface area contributed by atoms with Gasteiger partial charge < -0.3 is 0 Å². The highest BCUT2D eigenvalue weighted by Gasteiger charge is 2.44. The lowest BCUT2D eigenvalue weighted by Crippen LogP contribution is -2.37. The highest BCUT2D eigenvalue weighted by atomic mass is 32.3. The second-order valence-corrected chi connectivity index (χ2v) is 13.0. The summed E-state index contributed by atoms with van der Waals surface area (Å²) in [4.78, 5) is 4.80. The molecule has 0 radical (unpaired) electrons. The van der Waals surface area contributed by atoms with E-state index in [-0.39, 0.29) is 11.6 Å². The first-order valence-corrected chi connectivity index (χ1v) is 13.7. The van der Waals surface area contributed by atoms with Crippen LogP contribution in [0.3, 0.4) is 0 Å². The van der Waals surface area contributed by atoms with Gasteiger partial charge in [-0.1, -0.05) is 4.21 Å². The summed E-state index contributed by atoms with van der Waals surface area (Å²) in [5.41, 5.74) is -2.70. The van der Waals surface area contributed by atoms with E-state index in [9.17, 15) is 35.1 Å². The quantitative estimate of drug-likeness (QED) is 0.264. The van der Waals surface area contributed by atoms with E-state index in [4.69, 9.17) is 0 Å². The predicted molar refractivity (Wildman–Crippen MR) is 125 cm³/mol. The smallest absolute Gasteiger partial charge is 0.237 e. The molecule has 0 saturated heterocycles. The third kappa shape index (κ3) is 5.23. The van der Waals surface area contributed by atoms with E-state index >= 15 is 0 Å². The number of alkyl halides is 6. The van der Waals surface area contributed by atoms with Crippen LogP contribution in [0, 0.1) is 0 Å². The van der Waals surface area contributed by atoms with Gasteiger partial charge in [0.25, 0.3) is 0 Å². The van der Waals surface area contributed by atoms with E-state index in [2.05, 4.69) is 10.1 Å². The first kappa shape index (κ1) is 26.8. The summed E-state index contributed by atoms with van der Waals surface area (Å²) in [7, 11) is -3.06. The summed E-state index contributed by atoms with van der Waals surface area (Å²) in [5.74, 6) is -0.826. The molecule has 3 aromatic rings. The fourth-order valence-corrected chi connectivity index (χ4v) is 7.39. The van der Waals surface area contributed by atoms with E-state index in [0.717, 1.165) is 47.4 Å². The minimum atomic E-state index is -4.87. The van der Waals surface area contributed by atoms with Crippen molar-refractivity contribution in [3.63, 3.8) is 0 Å². The lowest BCUT2D eigenvalue weighted by molar-refractivity contribution is -0.141. The minimum Gasteiger partial charge on any atom is -0.237 e. The van der Waals surface area contributed by atoms with Crippen LogP contribution in [0.5, 0.6) is 0 Å². The zero-order valence-corrected chi connectivity index (χ0v) is 20.9. The van der Waals surface area contributed by atoms with Gasteiger partial charge in [0.1, 0.15) is 10.8 Å². The van der Waals surface area contributed by atoms with Crippen LogP contribution in [-0.4, -0.2) is 29.8 Å². The van der Waals surface area contributed by atoms with Gasteiger partial charge in [-0.05, 0) is 69.4 Å². The molecule has 1 N–H and O–H groups in total. The van der Waals surface area contributed by atoms with Crippen molar-refractivity contribution < 1.29 is 35.1 Å². The molecule has 0 aromatic carbocycles. The van der Waals surface area contributed by atoms with Crippen LogP contribution in [0.25, 0.3) is 16.4 Å². The van der Waals surface area contributed by atoms with E-state index in [1.165, 1.54) is 0 Å². The molecular formula is C23H24F6N3O2S2+. The third-order valence-electron chi connectivity index (χ3n) is 6.35. The van der Waals surface area contributed by atoms with Crippen molar-refractivity contribution in [3.05, 3.63) is 52.7 Å². The second kappa shape index (κ2) is 9.56. The highest BCUT2D eigenvalue weighted by Crippen LogP contribution is 2.44. The van der Waals surface area contributed by atoms with E-state index < -0.39 is 50.1 Å². The SMILES string of the molecule is CC(C)[S+](=O)(O)C1CCC[C@@H](c2ccc(-c3cc(C(F)(F)F)nn3-c3ncccc3C(F)(F)F)s2)C1. The lowest BCUT2D eigenvalue weighted by Gasteiger charge is -2.28. The van der Waals surface area contributed by atoms with E-state index in [0.29, 0.717) is 28.5 Å². The molecule has 3 atom stereocenters. The molecule has 1 fully saturated rings. The van der Waals surface area contributed by atoms with Gasteiger partial charge in [-0.2, -0.15) is 36.0 Å². The zero-order chi connectivity index (χ0) is 26.5. The first-order valence-electron chi connectivity index (χ1n) is 11.2. The molecule has 4 rings (SSSR count). The van der Waals surface area contributed by atoms with Gasteiger partial charge in [-0.3, -0.25) is 0 Å². The highest BCUT2D eigenvalue weighted by molar-refractivity contribution is 7.98. The zero-order valence-electron chi connectivity index (χ0n) is 19.3. The monoisotopic (exact) mass is 552 g/mol. The van der Waals surface area contributed by atoms with Crippen molar-refractivity contribution in [1.29, 1.82) is 0 Å². The van der Waals surface area contributed by atoms with Crippen molar-refractivity contribution in [3.8, 4) is 16.4 Å². The second-order valence-electron chi connectivity index (χ2n) is 9.05. The Bertz CT molecular complexity index is 1280. The predicted octanol–water partition coefficient (Wildman–Crippen LogP) is 7.44. The van der Waals surface area contributed by atoms with Gasteiger partial charge in [0.2, 0.25) is 10.2 Å². The molecule has 2 unspecified atom stereocenters. The van der Waals surface area contributed by atoms with Crippen molar-refractivity contribution >= 4 is 21.6 Å². The third-order valence-corrected chi connectivity index (χ3v) is 10.4. The maximum Gasteiger partial charge on any atom is 0.435 e. The summed E-state index contributed by atoms with van der Waals surface area (Å²) in [6.45, 7) is 3.39. The van der Waals surface area contributed by atoms with Gasteiger partial charge in [-0.15, -0.1) is 11.3 Å². The Morgan fingerprint density at radius 1 is 1.11 bits per heavy atom. The number of pyridine rings is 1. The molecule has 3 heterocycles. The van der Waals surface area contributed by atoms with Crippen LogP contribution < -0.4 is 0 Å². The average Bonchev–Trinajstić information content (AvgIpc) is 3.46. The molecule has 196 valence electrons.